The Kier molecular flexibility index (Phi) is 23.1. The van der Waals surface area contributed by atoms with Crippen molar-refractivity contribution in [3.8, 4) is 0 Å². The van der Waals surface area contributed by atoms with Crippen molar-refractivity contribution in [2.45, 2.75) is 123 Å². The predicted molar refractivity (Wildman–Crippen MR) is 120 cm³/mol. The molecule has 0 aliphatic rings. The zero-order valence-electron chi connectivity index (χ0n) is 20.5. The Balaban J connectivity index is 0. The average Bonchev–Trinajstić information content (AvgIpc) is 2.68. The van der Waals surface area contributed by atoms with Gasteiger partial charge in [-0.15, -0.1) is 0 Å². The van der Waals surface area contributed by atoms with E-state index in [-0.39, 0.29) is 41.4 Å². The average molecular weight is 474 g/mol. The molecular formula is C22H44NNaO6S. The van der Waals surface area contributed by atoms with Gasteiger partial charge in [0.2, 0.25) is 0 Å². The second-order valence-electron chi connectivity index (χ2n) is 8.01. The number of aliphatic hydroxyl groups excluding tert-OH is 2. The molecule has 180 valence electrons. The van der Waals surface area contributed by atoms with E-state index >= 15 is 0 Å². The number of hydrogen-bond acceptors (Lipinski definition) is 8. The van der Waals surface area contributed by atoms with E-state index in [9.17, 15) is 20.1 Å². The quantitative estimate of drug-likeness (QED) is 0.111. The molecular weight excluding hydrogens is 429 g/mol. The molecule has 5 atom stereocenters. The first kappa shape index (κ1) is 33.8. The van der Waals surface area contributed by atoms with Crippen LogP contribution in [0.2, 0.25) is 0 Å². The maximum absolute atomic E-state index is 11.8. The number of aliphatic hydroxyl groups is 2. The van der Waals surface area contributed by atoms with Crippen LogP contribution in [0.5, 0.6) is 0 Å². The molecule has 31 heavy (non-hydrogen) atoms. The summed E-state index contributed by atoms with van der Waals surface area (Å²) in [6.07, 6.45) is 6.06. The number of nitrogens with zero attached hydrogens (tertiary/aromatic N) is 1. The van der Waals surface area contributed by atoms with Crippen molar-refractivity contribution in [2.75, 3.05) is 12.3 Å². The van der Waals surface area contributed by atoms with E-state index in [4.69, 9.17) is 9.02 Å². The summed E-state index contributed by atoms with van der Waals surface area (Å²) in [4.78, 5) is 17.8. The van der Waals surface area contributed by atoms with E-state index in [1.54, 1.807) is 13.8 Å². The summed E-state index contributed by atoms with van der Waals surface area (Å²) in [5, 5.41) is 33.3. The minimum absolute atomic E-state index is 0. The summed E-state index contributed by atoms with van der Waals surface area (Å²) in [5.41, 5.74) is 0. The van der Waals surface area contributed by atoms with Gasteiger partial charge in [-0.05, 0) is 45.2 Å². The minimum Gasteiger partial charge on any atom is -0.548 e. The summed E-state index contributed by atoms with van der Waals surface area (Å²) >= 11 is 1.03. The van der Waals surface area contributed by atoms with Crippen LogP contribution in [0.15, 0.2) is 0 Å². The van der Waals surface area contributed by atoms with Crippen molar-refractivity contribution in [1.29, 1.82) is 0 Å². The van der Waals surface area contributed by atoms with Crippen LogP contribution in [-0.4, -0.2) is 64.0 Å². The molecule has 4 unspecified atom stereocenters. The molecule has 0 spiro atoms. The molecule has 0 radical (unpaired) electrons. The summed E-state index contributed by atoms with van der Waals surface area (Å²) in [6, 6.07) is -1.01. The van der Waals surface area contributed by atoms with E-state index in [1.807, 2.05) is 6.92 Å². The van der Waals surface area contributed by atoms with Gasteiger partial charge in [-0.25, -0.2) is 0 Å². The zero-order valence-corrected chi connectivity index (χ0v) is 23.4. The van der Waals surface area contributed by atoms with Crippen LogP contribution < -0.4 is 34.7 Å². The fourth-order valence-corrected chi connectivity index (χ4v) is 4.02. The fourth-order valence-electron chi connectivity index (χ4n) is 3.08. The molecule has 0 rings (SSSR count). The molecule has 0 saturated carbocycles. The Morgan fingerprint density at radius 2 is 1.45 bits per heavy atom. The van der Waals surface area contributed by atoms with E-state index in [0.29, 0.717) is 19.4 Å². The number of unbranched alkanes of at least 4 members (excludes halogenated alkanes) is 4. The van der Waals surface area contributed by atoms with Crippen molar-refractivity contribution < 1.29 is 58.7 Å². The normalized spacial score (nSPS) is 16.4. The van der Waals surface area contributed by atoms with Gasteiger partial charge in [0, 0.05) is 12.3 Å². The van der Waals surface area contributed by atoms with Crippen molar-refractivity contribution in [3.63, 3.8) is 0 Å². The molecule has 0 fully saturated rings. The van der Waals surface area contributed by atoms with Crippen LogP contribution in [-0.2, 0) is 13.8 Å². The van der Waals surface area contributed by atoms with Gasteiger partial charge >= 0.3 is 29.6 Å². The molecule has 2 N–H and O–H groups in total. The Hall–Kier alpha value is 0.620. The van der Waals surface area contributed by atoms with Gasteiger partial charge in [-0.3, -0.25) is 4.84 Å². The van der Waals surface area contributed by atoms with Crippen LogP contribution in [0.1, 0.15) is 92.4 Å². The number of carboxylic acids is 1. The number of aliphatic carboxylic acids is 1. The first-order valence-corrected chi connectivity index (χ1v) is 12.5. The zero-order chi connectivity index (χ0) is 22.9. The molecule has 7 nitrogen and oxygen atoms in total. The maximum Gasteiger partial charge on any atom is 1.00 e. The summed E-state index contributed by atoms with van der Waals surface area (Å²) in [5.74, 6) is -1.13. The number of rotatable bonds is 20. The third-order valence-corrected chi connectivity index (χ3v) is 5.85. The summed E-state index contributed by atoms with van der Waals surface area (Å²) in [7, 11) is 0. The maximum atomic E-state index is 11.8. The molecule has 0 aliphatic carbocycles. The largest absolute Gasteiger partial charge is 1.00 e. The SMILES string of the molecule is CCCCCC(OSC[C@@H](C(=O)[O-])N(CCC)OC(CCCCC)C(C)O)C(C)O.[Na+]. The molecule has 0 aromatic rings. The minimum atomic E-state index is -1.24. The number of hydroxylamine groups is 2. The van der Waals surface area contributed by atoms with Crippen molar-refractivity contribution in [1.82, 2.24) is 5.06 Å². The van der Waals surface area contributed by atoms with Crippen LogP contribution in [0.4, 0.5) is 0 Å². The van der Waals surface area contributed by atoms with Crippen LogP contribution in [0.3, 0.4) is 0 Å². The Morgan fingerprint density at radius 3 is 1.87 bits per heavy atom. The van der Waals surface area contributed by atoms with Crippen LogP contribution in [0.25, 0.3) is 0 Å². The van der Waals surface area contributed by atoms with Crippen molar-refractivity contribution >= 4 is 18.0 Å². The van der Waals surface area contributed by atoms with Crippen molar-refractivity contribution in [3.05, 3.63) is 0 Å². The number of carbonyl (C=O) groups excluding carboxylic acids is 1. The molecule has 0 bridgehead atoms. The molecule has 0 aromatic carbocycles. The van der Waals surface area contributed by atoms with Crippen LogP contribution >= 0.6 is 12.0 Å². The Morgan fingerprint density at radius 1 is 0.935 bits per heavy atom. The molecule has 0 aromatic heterocycles. The smallest absolute Gasteiger partial charge is 0.548 e. The second kappa shape index (κ2) is 21.2. The van der Waals surface area contributed by atoms with Crippen molar-refractivity contribution in [2.24, 2.45) is 0 Å². The number of hydrogen-bond donors (Lipinski definition) is 2. The third kappa shape index (κ3) is 16.0. The molecule has 9 heteroatoms. The van der Waals surface area contributed by atoms with Gasteiger partial charge in [0.25, 0.3) is 0 Å². The first-order chi connectivity index (χ1) is 14.3. The molecule has 0 aliphatic heterocycles. The van der Waals surface area contributed by atoms with E-state index in [2.05, 4.69) is 13.8 Å². The first-order valence-electron chi connectivity index (χ1n) is 11.6. The Bertz CT molecular complexity index is 431. The Labute approximate surface area is 216 Å². The molecule has 0 saturated heterocycles. The monoisotopic (exact) mass is 473 g/mol. The standard InChI is InChI=1S/C22H45NO6S.Na/c1-6-9-11-13-20(17(4)24)28-23(15-8-3)19(22(26)27)16-30-29-21(18(5)25)14-12-10-7-2;/h17-21,24-25H,6-16H2,1-5H3,(H,26,27);/q;+1/p-1/t17?,18?,19-,20?,21?;/m0./s1. The van der Waals surface area contributed by atoms with E-state index in [0.717, 1.165) is 57.0 Å². The number of carbonyl (C=O) groups is 1. The van der Waals surface area contributed by atoms with Gasteiger partial charge in [-0.1, -0.05) is 59.3 Å². The van der Waals surface area contributed by atoms with Gasteiger partial charge in [0.05, 0.1) is 30.3 Å². The van der Waals surface area contributed by atoms with Gasteiger partial charge in [0.1, 0.15) is 6.10 Å². The molecule has 0 heterocycles. The molecule has 0 amide bonds. The summed E-state index contributed by atoms with van der Waals surface area (Å²) < 4.78 is 5.73. The van der Waals surface area contributed by atoms with Gasteiger partial charge in [-0.2, -0.15) is 5.06 Å². The fraction of sp³-hybridized carbons (Fsp3) is 0.955. The summed E-state index contributed by atoms with van der Waals surface area (Å²) in [6.45, 7) is 9.92. The van der Waals surface area contributed by atoms with Crippen LogP contribution in [0, 0.1) is 0 Å². The topological polar surface area (TPSA) is 102 Å². The van der Waals surface area contributed by atoms with E-state index in [1.165, 1.54) is 5.06 Å². The van der Waals surface area contributed by atoms with Gasteiger partial charge < -0.3 is 24.3 Å². The van der Waals surface area contributed by atoms with Gasteiger partial charge in [0.15, 0.2) is 0 Å². The second-order valence-corrected chi connectivity index (χ2v) is 8.77. The van der Waals surface area contributed by atoms with E-state index < -0.39 is 30.3 Å². The number of carboxylic acid groups (broad SMARTS) is 1. The predicted octanol–water partition coefficient (Wildman–Crippen LogP) is 0.0767. The third-order valence-electron chi connectivity index (χ3n) is 5.01.